The van der Waals surface area contributed by atoms with Crippen molar-refractivity contribution < 1.29 is 9.59 Å². The van der Waals surface area contributed by atoms with Crippen molar-refractivity contribution >= 4 is 22.6 Å². The number of amides is 2. The highest BCUT2D eigenvalue weighted by Crippen LogP contribution is 2.18. The molecule has 0 aliphatic rings. The molecule has 0 unspecified atom stereocenters. The first-order chi connectivity index (χ1) is 15.0. The van der Waals surface area contributed by atoms with E-state index in [1.807, 2.05) is 56.6 Å². The van der Waals surface area contributed by atoms with Crippen LogP contribution < -0.4 is 10.6 Å². The molecule has 2 atom stereocenters. The number of hydrogen-bond donors (Lipinski definition) is 2. The third-order valence-electron chi connectivity index (χ3n) is 5.70. The molecule has 0 heterocycles. The quantitative estimate of drug-likeness (QED) is 0.562. The first kappa shape index (κ1) is 22.5. The van der Waals surface area contributed by atoms with Crippen LogP contribution in [-0.4, -0.2) is 49.4 Å². The van der Waals surface area contributed by atoms with Gasteiger partial charge in [-0.1, -0.05) is 72.8 Å². The smallest absolute Gasteiger partial charge is 0.240 e. The molecular formula is C26H31N3O2. The van der Waals surface area contributed by atoms with Gasteiger partial charge >= 0.3 is 0 Å². The summed E-state index contributed by atoms with van der Waals surface area (Å²) in [5.41, 5.74) is 2.24. The molecule has 0 fully saturated rings. The maximum absolute atomic E-state index is 13.4. The highest BCUT2D eigenvalue weighted by atomic mass is 16.2. The first-order valence-electron chi connectivity index (χ1n) is 10.7. The molecule has 0 saturated heterocycles. The van der Waals surface area contributed by atoms with E-state index < -0.39 is 0 Å². The van der Waals surface area contributed by atoms with Gasteiger partial charge in [0.1, 0.15) is 0 Å². The van der Waals surface area contributed by atoms with E-state index in [-0.39, 0.29) is 23.9 Å². The fraction of sp³-hybridized carbons (Fsp3) is 0.308. The molecule has 3 rings (SSSR count). The van der Waals surface area contributed by atoms with Crippen LogP contribution in [0, 0.1) is 0 Å². The van der Waals surface area contributed by atoms with Crippen molar-refractivity contribution in [2.24, 2.45) is 0 Å². The van der Waals surface area contributed by atoms with Gasteiger partial charge in [-0.3, -0.25) is 9.59 Å². The number of carbonyl (C=O) groups is 2. The molecule has 3 aromatic rings. The summed E-state index contributed by atoms with van der Waals surface area (Å²) in [6.45, 7) is 1.91. The molecule has 2 amide bonds. The Hall–Kier alpha value is -3.18. The van der Waals surface area contributed by atoms with Crippen LogP contribution in [0.4, 0.5) is 0 Å². The molecule has 0 aliphatic carbocycles. The summed E-state index contributed by atoms with van der Waals surface area (Å²) >= 11 is 0. The summed E-state index contributed by atoms with van der Waals surface area (Å²) < 4.78 is 0. The number of nitrogens with one attached hydrogen (secondary N) is 2. The average Bonchev–Trinajstić information content (AvgIpc) is 2.79. The van der Waals surface area contributed by atoms with E-state index in [9.17, 15) is 9.59 Å². The van der Waals surface area contributed by atoms with Crippen LogP contribution >= 0.6 is 0 Å². The molecule has 3 aromatic carbocycles. The minimum absolute atomic E-state index is 0.0157. The lowest BCUT2D eigenvalue weighted by atomic mass is 9.99. The Labute approximate surface area is 184 Å². The lowest BCUT2D eigenvalue weighted by Gasteiger charge is -2.31. The zero-order chi connectivity index (χ0) is 22.2. The van der Waals surface area contributed by atoms with Crippen molar-refractivity contribution in [2.75, 3.05) is 20.6 Å². The maximum atomic E-state index is 13.4. The third-order valence-corrected chi connectivity index (χ3v) is 5.70. The van der Waals surface area contributed by atoms with Crippen LogP contribution in [0.1, 0.15) is 18.1 Å². The summed E-state index contributed by atoms with van der Waals surface area (Å²) in [6, 6.07) is 24.1. The largest absolute Gasteiger partial charge is 0.354 e. The van der Waals surface area contributed by atoms with Crippen molar-refractivity contribution in [3.63, 3.8) is 0 Å². The lowest BCUT2D eigenvalue weighted by Crippen LogP contribution is -2.52. The van der Waals surface area contributed by atoms with Crippen molar-refractivity contribution in [2.45, 2.75) is 31.8 Å². The van der Waals surface area contributed by atoms with Crippen molar-refractivity contribution in [3.8, 4) is 0 Å². The van der Waals surface area contributed by atoms with Crippen molar-refractivity contribution in [1.82, 2.24) is 15.5 Å². The fourth-order valence-electron chi connectivity index (χ4n) is 3.83. The molecule has 0 saturated carbocycles. The molecule has 2 N–H and O–H groups in total. The van der Waals surface area contributed by atoms with Gasteiger partial charge in [0.15, 0.2) is 0 Å². The first-order valence-corrected chi connectivity index (χ1v) is 10.7. The average molecular weight is 418 g/mol. The second-order valence-electron chi connectivity index (χ2n) is 7.96. The molecule has 0 spiro atoms. The van der Waals surface area contributed by atoms with Crippen LogP contribution in [-0.2, 0) is 22.4 Å². The number of benzene rings is 3. The van der Waals surface area contributed by atoms with Crippen LogP contribution in [0.5, 0.6) is 0 Å². The zero-order valence-electron chi connectivity index (χ0n) is 18.5. The second kappa shape index (κ2) is 10.7. The molecule has 0 radical (unpaired) electrons. The van der Waals surface area contributed by atoms with E-state index in [1.54, 1.807) is 4.90 Å². The van der Waals surface area contributed by atoms with Crippen molar-refractivity contribution in [1.29, 1.82) is 0 Å². The van der Waals surface area contributed by atoms with E-state index in [1.165, 1.54) is 17.7 Å². The molecule has 0 bridgehead atoms. The Morgan fingerprint density at radius 3 is 2.23 bits per heavy atom. The molecule has 31 heavy (non-hydrogen) atoms. The predicted octanol–water partition coefficient (Wildman–Crippen LogP) is 3.18. The summed E-state index contributed by atoms with van der Waals surface area (Å²) in [6.07, 6.45) is 1.28. The molecule has 0 aromatic heterocycles. The van der Waals surface area contributed by atoms with Crippen LogP contribution in [0.3, 0.4) is 0 Å². The Balaban J connectivity index is 1.75. The molecule has 162 valence electrons. The van der Waals surface area contributed by atoms with E-state index in [4.69, 9.17) is 0 Å². The van der Waals surface area contributed by atoms with Gasteiger partial charge in [0.05, 0.1) is 12.1 Å². The highest BCUT2D eigenvalue weighted by molar-refractivity contribution is 5.84. The molecular weight excluding hydrogens is 386 g/mol. The number of hydrogen-bond acceptors (Lipinski definition) is 3. The van der Waals surface area contributed by atoms with Gasteiger partial charge in [-0.15, -0.1) is 0 Å². The van der Waals surface area contributed by atoms with Crippen LogP contribution in [0.2, 0.25) is 0 Å². The Morgan fingerprint density at radius 1 is 0.871 bits per heavy atom. The lowest BCUT2D eigenvalue weighted by molar-refractivity contribution is -0.134. The van der Waals surface area contributed by atoms with Crippen molar-refractivity contribution in [3.05, 3.63) is 83.9 Å². The van der Waals surface area contributed by atoms with Gasteiger partial charge in [0.2, 0.25) is 11.8 Å². The normalized spacial score (nSPS) is 12.9. The van der Waals surface area contributed by atoms with Gasteiger partial charge in [-0.05, 0) is 41.8 Å². The SMILES string of the molecule is CN[C@H](Cc1ccc2ccccc2c1)C(=O)N(C)[C@@H](CNC(C)=O)Cc1ccccc1. The van der Waals surface area contributed by atoms with Gasteiger partial charge in [-0.25, -0.2) is 0 Å². The number of carbonyl (C=O) groups excluding carboxylic acids is 2. The molecule has 0 aliphatic heterocycles. The summed E-state index contributed by atoms with van der Waals surface area (Å²) in [7, 11) is 3.64. The minimum atomic E-state index is -0.346. The summed E-state index contributed by atoms with van der Waals surface area (Å²) in [4.78, 5) is 26.6. The summed E-state index contributed by atoms with van der Waals surface area (Å²) in [5.74, 6) is -0.0813. The van der Waals surface area contributed by atoms with Crippen LogP contribution in [0.25, 0.3) is 10.8 Å². The monoisotopic (exact) mass is 417 g/mol. The zero-order valence-corrected chi connectivity index (χ0v) is 18.5. The van der Waals surface area contributed by atoms with Crippen LogP contribution in [0.15, 0.2) is 72.8 Å². The van der Waals surface area contributed by atoms with Gasteiger partial charge in [0.25, 0.3) is 0 Å². The van der Waals surface area contributed by atoms with E-state index in [2.05, 4.69) is 41.0 Å². The molecule has 5 nitrogen and oxygen atoms in total. The topological polar surface area (TPSA) is 61.4 Å². The highest BCUT2D eigenvalue weighted by Gasteiger charge is 2.26. The predicted molar refractivity (Wildman–Crippen MR) is 126 cm³/mol. The van der Waals surface area contributed by atoms with Gasteiger partial charge in [-0.2, -0.15) is 0 Å². The van der Waals surface area contributed by atoms with E-state index in [0.29, 0.717) is 19.4 Å². The number of fused-ring (bicyclic) bond motifs is 1. The Morgan fingerprint density at radius 2 is 1.55 bits per heavy atom. The Kier molecular flexibility index (Phi) is 7.79. The third kappa shape index (κ3) is 6.15. The number of rotatable bonds is 9. The summed E-state index contributed by atoms with van der Waals surface area (Å²) in [5, 5.41) is 8.42. The fourth-order valence-corrected chi connectivity index (χ4v) is 3.83. The van der Waals surface area contributed by atoms with E-state index in [0.717, 1.165) is 11.1 Å². The number of nitrogens with zero attached hydrogens (tertiary/aromatic N) is 1. The minimum Gasteiger partial charge on any atom is -0.354 e. The second-order valence-corrected chi connectivity index (χ2v) is 7.96. The van der Waals surface area contributed by atoms with Gasteiger partial charge < -0.3 is 15.5 Å². The number of likely N-dealkylation sites (N-methyl/N-ethyl adjacent to an activating group) is 2. The Bertz CT molecular complexity index is 1020. The maximum Gasteiger partial charge on any atom is 0.240 e. The standard InChI is InChI=1S/C26H31N3O2/c1-19(30)28-18-24(16-20-9-5-4-6-10-20)29(3)26(31)25(27-2)17-21-13-14-22-11-7-8-12-23(22)15-21/h4-15,24-25,27H,16-18H2,1-3H3,(H,28,30)/t24-,25-/m1/s1. The van der Waals surface area contributed by atoms with Gasteiger partial charge in [0, 0.05) is 20.5 Å². The van der Waals surface area contributed by atoms with E-state index >= 15 is 0 Å². The molecule has 5 heteroatoms.